The summed E-state index contributed by atoms with van der Waals surface area (Å²) in [5.41, 5.74) is 0. The molecule has 1 fully saturated rings. The van der Waals surface area contributed by atoms with Crippen LogP contribution in [-0.2, 0) is 10.0 Å². The maximum atomic E-state index is 11.9. The van der Waals surface area contributed by atoms with Crippen molar-refractivity contribution >= 4 is 10.0 Å². The maximum absolute atomic E-state index is 11.9. The summed E-state index contributed by atoms with van der Waals surface area (Å²) < 4.78 is 25.3. The van der Waals surface area contributed by atoms with Crippen molar-refractivity contribution in [3.05, 3.63) is 0 Å². The second-order valence-corrected chi connectivity index (χ2v) is 6.30. The number of aliphatic hydroxyl groups excluding tert-OH is 1. The van der Waals surface area contributed by atoms with E-state index >= 15 is 0 Å². The van der Waals surface area contributed by atoms with Crippen LogP contribution in [0.25, 0.3) is 0 Å². The van der Waals surface area contributed by atoms with E-state index < -0.39 is 15.3 Å². The van der Waals surface area contributed by atoms with Gasteiger partial charge in [-0.25, -0.2) is 8.42 Å². The van der Waals surface area contributed by atoms with Gasteiger partial charge in [-0.1, -0.05) is 6.42 Å². The van der Waals surface area contributed by atoms with Crippen LogP contribution in [0.2, 0.25) is 0 Å². The monoisotopic (exact) mass is 221 g/mol. The maximum Gasteiger partial charge on any atom is 0.219 e. The lowest BCUT2D eigenvalue weighted by Gasteiger charge is -2.33. The molecule has 0 amide bonds. The quantitative estimate of drug-likeness (QED) is 0.758. The summed E-state index contributed by atoms with van der Waals surface area (Å²) in [6, 6.07) is 0.0859. The van der Waals surface area contributed by atoms with E-state index in [4.69, 9.17) is 5.11 Å². The predicted molar refractivity (Wildman–Crippen MR) is 55.5 cm³/mol. The van der Waals surface area contributed by atoms with Gasteiger partial charge < -0.3 is 5.11 Å². The normalized spacial score (nSPS) is 27.5. The van der Waals surface area contributed by atoms with E-state index in [-0.39, 0.29) is 12.6 Å². The highest BCUT2D eigenvalue weighted by molar-refractivity contribution is 7.89. The first-order valence-electron chi connectivity index (χ1n) is 5.11. The molecule has 2 unspecified atom stereocenters. The Bertz CT molecular complexity index is 276. The molecule has 0 spiro atoms. The van der Waals surface area contributed by atoms with E-state index in [1.54, 1.807) is 6.92 Å². The van der Waals surface area contributed by atoms with E-state index in [9.17, 15) is 8.42 Å². The van der Waals surface area contributed by atoms with Crippen LogP contribution >= 0.6 is 0 Å². The van der Waals surface area contributed by atoms with Gasteiger partial charge in [0.2, 0.25) is 10.0 Å². The molecule has 5 heteroatoms. The third kappa shape index (κ3) is 2.27. The summed E-state index contributed by atoms with van der Waals surface area (Å²) in [6.45, 7) is 3.79. The average molecular weight is 221 g/mol. The Morgan fingerprint density at radius 2 is 2.14 bits per heavy atom. The molecule has 0 aromatic heterocycles. The second kappa shape index (κ2) is 4.59. The molecule has 84 valence electrons. The first kappa shape index (κ1) is 11.9. The summed E-state index contributed by atoms with van der Waals surface area (Å²) in [4.78, 5) is 0. The van der Waals surface area contributed by atoms with Crippen molar-refractivity contribution in [2.24, 2.45) is 0 Å². The molecule has 1 N–H and O–H groups in total. The van der Waals surface area contributed by atoms with Crippen LogP contribution in [0, 0.1) is 0 Å². The minimum Gasteiger partial charge on any atom is -0.395 e. The zero-order valence-corrected chi connectivity index (χ0v) is 9.63. The van der Waals surface area contributed by atoms with Gasteiger partial charge in [0.1, 0.15) is 0 Å². The molecule has 0 radical (unpaired) electrons. The molecule has 1 saturated heterocycles. The number of aliphatic hydroxyl groups is 1. The largest absolute Gasteiger partial charge is 0.395 e. The third-order valence-corrected chi connectivity index (χ3v) is 5.20. The van der Waals surface area contributed by atoms with Crippen molar-refractivity contribution in [2.75, 3.05) is 13.2 Å². The molecule has 14 heavy (non-hydrogen) atoms. The van der Waals surface area contributed by atoms with Gasteiger partial charge in [0.15, 0.2) is 0 Å². The van der Waals surface area contributed by atoms with Crippen LogP contribution in [-0.4, -0.2) is 42.3 Å². The number of nitrogens with zero attached hydrogens (tertiary/aromatic N) is 1. The first-order chi connectivity index (χ1) is 6.50. The fraction of sp³-hybridized carbons (Fsp3) is 1.00. The lowest BCUT2D eigenvalue weighted by molar-refractivity contribution is 0.252. The van der Waals surface area contributed by atoms with Crippen LogP contribution < -0.4 is 0 Å². The molecule has 1 heterocycles. The molecular weight excluding hydrogens is 202 g/mol. The van der Waals surface area contributed by atoms with Gasteiger partial charge in [-0.3, -0.25) is 0 Å². The second-order valence-electron chi connectivity index (χ2n) is 3.99. The molecule has 1 aliphatic heterocycles. The van der Waals surface area contributed by atoms with Crippen LogP contribution in [0.15, 0.2) is 0 Å². The van der Waals surface area contributed by atoms with Crippen LogP contribution in [0.4, 0.5) is 0 Å². The summed E-state index contributed by atoms with van der Waals surface area (Å²) in [6.07, 6.45) is 2.96. The van der Waals surface area contributed by atoms with Gasteiger partial charge in [0.25, 0.3) is 0 Å². The molecule has 4 nitrogen and oxygen atoms in total. The van der Waals surface area contributed by atoms with E-state index in [1.807, 2.05) is 6.92 Å². The van der Waals surface area contributed by atoms with Gasteiger partial charge in [-0.15, -0.1) is 0 Å². The summed E-state index contributed by atoms with van der Waals surface area (Å²) in [5, 5.41) is 8.20. The van der Waals surface area contributed by atoms with Gasteiger partial charge >= 0.3 is 0 Å². The Hall–Kier alpha value is -0.130. The van der Waals surface area contributed by atoms with Crippen molar-refractivity contribution in [1.82, 2.24) is 4.31 Å². The minimum atomic E-state index is -3.28. The number of rotatable bonds is 3. The summed E-state index contributed by atoms with van der Waals surface area (Å²) >= 11 is 0. The van der Waals surface area contributed by atoms with Gasteiger partial charge in [-0.05, 0) is 26.7 Å². The molecule has 0 aromatic rings. The van der Waals surface area contributed by atoms with E-state index in [2.05, 4.69) is 0 Å². The summed E-state index contributed by atoms with van der Waals surface area (Å²) in [5.74, 6) is 0. The molecule has 0 bridgehead atoms. The van der Waals surface area contributed by atoms with Crippen LogP contribution in [0.1, 0.15) is 33.1 Å². The Kier molecular flexibility index (Phi) is 3.92. The zero-order chi connectivity index (χ0) is 10.8. The number of hydrogen-bond acceptors (Lipinski definition) is 3. The average Bonchev–Trinajstić information content (AvgIpc) is 2.17. The first-order valence-corrected chi connectivity index (χ1v) is 6.62. The molecular formula is C9H19NO3S. The lowest BCUT2D eigenvalue weighted by atomic mass is 10.1. The third-order valence-electron chi connectivity index (χ3n) is 2.83. The predicted octanol–water partition coefficient (Wildman–Crippen LogP) is 0.571. The fourth-order valence-electron chi connectivity index (χ4n) is 1.78. The van der Waals surface area contributed by atoms with Crippen molar-refractivity contribution < 1.29 is 13.5 Å². The number of hydrogen-bond donors (Lipinski definition) is 1. The highest BCUT2D eigenvalue weighted by atomic mass is 32.2. The lowest BCUT2D eigenvalue weighted by Crippen LogP contribution is -2.46. The Balaban J connectivity index is 2.80. The fourth-order valence-corrected chi connectivity index (χ4v) is 3.42. The van der Waals surface area contributed by atoms with E-state index in [1.165, 1.54) is 4.31 Å². The van der Waals surface area contributed by atoms with Crippen molar-refractivity contribution in [3.63, 3.8) is 0 Å². The Morgan fingerprint density at radius 3 is 2.64 bits per heavy atom. The minimum absolute atomic E-state index is 0.0859. The van der Waals surface area contributed by atoms with Crippen molar-refractivity contribution in [2.45, 2.75) is 44.4 Å². The molecule has 1 aliphatic rings. The van der Waals surface area contributed by atoms with Crippen LogP contribution in [0.5, 0.6) is 0 Å². The summed E-state index contributed by atoms with van der Waals surface area (Å²) in [7, 11) is -3.28. The van der Waals surface area contributed by atoms with Crippen molar-refractivity contribution in [1.29, 1.82) is 0 Å². The highest BCUT2D eigenvalue weighted by Gasteiger charge is 2.33. The Labute approximate surface area is 86.0 Å². The smallest absolute Gasteiger partial charge is 0.219 e. The molecule has 0 saturated carbocycles. The number of piperidine rings is 1. The topological polar surface area (TPSA) is 57.6 Å². The SMILES string of the molecule is CC1CCCCN1S(=O)(=O)C(C)CO. The van der Waals surface area contributed by atoms with Gasteiger partial charge in [0, 0.05) is 12.6 Å². The molecule has 0 aliphatic carbocycles. The van der Waals surface area contributed by atoms with E-state index in [0.29, 0.717) is 6.54 Å². The highest BCUT2D eigenvalue weighted by Crippen LogP contribution is 2.22. The molecule has 0 aromatic carbocycles. The number of sulfonamides is 1. The van der Waals surface area contributed by atoms with Gasteiger partial charge in [-0.2, -0.15) is 4.31 Å². The van der Waals surface area contributed by atoms with Crippen molar-refractivity contribution in [3.8, 4) is 0 Å². The van der Waals surface area contributed by atoms with Crippen LogP contribution in [0.3, 0.4) is 0 Å². The molecule has 2 atom stereocenters. The zero-order valence-electron chi connectivity index (χ0n) is 8.81. The Morgan fingerprint density at radius 1 is 1.50 bits per heavy atom. The van der Waals surface area contributed by atoms with Gasteiger partial charge in [0.05, 0.1) is 11.9 Å². The molecule has 1 rings (SSSR count). The van der Waals surface area contributed by atoms with E-state index in [0.717, 1.165) is 19.3 Å². The standard InChI is InChI=1S/C9H19NO3S/c1-8-5-3-4-6-10(8)14(12,13)9(2)7-11/h8-9,11H,3-7H2,1-2H3.